The minimum atomic E-state index is -4.61. The number of pyridine rings is 1. The van der Waals surface area contributed by atoms with E-state index in [1.165, 1.54) is 40.8 Å². The highest BCUT2D eigenvalue weighted by Gasteiger charge is 2.41. The van der Waals surface area contributed by atoms with Crippen molar-refractivity contribution in [2.75, 3.05) is 12.0 Å². The molecule has 0 fully saturated rings. The van der Waals surface area contributed by atoms with E-state index < -0.39 is 39.6 Å². The number of aromatic nitrogens is 4. The number of rotatable bonds is 8. The Kier molecular flexibility index (Phi) is 11.3. The number of fused-ring (bicyclic) bond motifs is 1. The molecule has 0 amide bonds. The van der Waals surface area contributed by atoms with Crippen LogP contribution >= 0.6 is 0 Å². The number of hydrogen-bond donors (Lipinski definition) is 1. The molecule has 3 aromatic carbocycles. The lowest BCUT2D eigenvalue weighted by Gasteiger charge is -2.36. The van der Waals surface area contributed by atoms with Gasteiger partial charge >= 0.3 is 17.8 Å². The first-order valence-electron chi connectivity index (χ1n) is 16.1. The van der Waals surface area contributed by atoms with Crippen molar-refractivity contribution in [3.8, 4) is 6.07 Å². The van der Waals surface area contributed by atoms with Gasteiger partial charge in [-0.1, -0.05) is 35.9 Å². The Labute approximate surface area is 302 Å². The minimum Gasteiger partial charge on any atom is -0.744 e. The van der Waals surface area contributed by atoms with Gasteiger partial charge < -0.3 is 9.29 Å². The van der Waals surface area contributed by atoms with Crippen LogP contribution in [0, 0.1) is 18.3 Å². The van der Waals surface area contributed by atoms with Gasteiger partial charge in [-0.2, -0.15) is 18.4 Å². The van der Waals surface area contributed by atoms with Gasteiger partial charge in [-0.15, -0.1) is 5.10 Å². The maximum atomic E-state index is 13.6. The van der Waals surface area contributed by atoms with Crippen molar-refractivity contribution < 1.29 is 40.2 Å². The standard InChI is InChI=1S/C30H25F3N6O3.C7H8O3S/c1-19-25(27(40)42-2)26(24-12-11-20(18-34)16-21(24)8-7-15-37-13-4-3-5-14-37)39-28(35-36-29(39)41)38(19)23-10-6-9-22(17-23)30(31,32)33;1-6-2-4-7(5-3-6)11(8,9)10/h3-6,9-14,16-17,26H,7-8,15H2,1-2H3;2-5H,1H3,(H,8,9,10)/t26-;/m1./s1. The van der Waals surface area contributed by atoms with Crippen LogP contribution in [0.25, 0.3) is 0 Å². The number of nitrogens with one attached hydrogen (secondary N) is 1. The molecule has 0 aliphatic carbocycles. The van der Waals surface area contributed by atoms with Gasteiger partial charge in [-0.05, 0) is 73.9 Å². The molecule has 274 valence electrons. The quantitative estimate of drug-likeness (QED) is 0.123. The monoisotopic (exact) mass is 746 g/mol. The highest BCUT2D eigenvalue weighted by molar-refractivity contribution is 7.85. The van der Waals surface area contributed by atoms with Crippen LogP contribution in [0.3, 0.4) is 0 Å². The van der Waals surface area contributed by atoms with Crippen LogP contribution in [0.1, 0.15) is 47.2 Å². The molecule has 16 heteroatoms. The molecule has 1 aliphatic heterocycles. The highest BCUT2D eigenvalue weighted by Crippen LogP contribution is 2.43. The summed E-state index contributed by atoms with van der Waals surface area (Å²) in [5.74, 6) is -0.756. The van der Waals surface area contributed by atoms with Gasteiger partial charge in [0.05, 0.1) is 34.8 Å². The van der Waals surface area contributed by atoms with Gasteiger partial charge in [0.1, 0.15) is 22.7 Å². The number of alkyl halides is 3. The number of nitrogens with zero attached hydrogens (tertiary/aromatic N) is 5. The number of ether oxygens (including phenoxy) is 1. The summed E-state index contributed by atoms with van der Waals surface area (Å²) in [4.78, 5) is 27.8. The average molecular weight is 747 g/mol. The second-order valence-corrected chi connectivity index (χ2v) is 13.4. The summed E-state index contributed by atoms with van der Waals surface area (Å²) in [6.45, 7) is 4.07. The predicted octanol–water partition coefficient (Wildman–Crippen LogP) is 5.47. The molecule has 53 heavy (non-hydrogen) atoms. The molecule has 0 spiro atoms. The molecule has 2 aromatic heterocycles. The van der Waals surface area contributed by atoms with Crippen molar-refractivity contribution in [3.05, 3.63) is 147 Å². The molecule has 6 rings (SSSR count). The van der Waals surface area contributed by atoms with Gasteiger partial charge in [-0.3, -0.25) is 4.90 Å². The molecule has 0 unspecified atom stereocenters. The summed E-state index contributed by atoms with van der Waals surface area (Å²) >= 11 is 0. The summed E-state index contributed by atoms with van der Waals surface area (Å²) < 4.78 is 80.3. The van der Waals surface area contributed by atoms with Crippen molar-refractivity contribution in [1.29, 1.82) is 5.26 Å². The van der Waals surface area contributed by atoms with Crippen LogP contribution in [0.15, 0.2) is 118 Å². The summed E-state index contributed by atoms with van der Waals surface area (Å²) in [6.07, 6.45) is 0.459. The van der Waals surface area contributed by atoms with Crippen molar-refractivity contribution in [1.82, 2.24) is 14.8 Å². The first-order chi connectivity index (χ1) is 25.1. The van der Waals surface area contributed by atoms with E-state index in [1.807, 2.05) is 42.1 Å². The van der Waals surface area contributed by atoms with Crippen LogP contribution in [0.2, 0.25) is 0 Å². The van der Waals surface area contributed by atoms with Crippen LogP contribution in [-0.2, 0) is 38.8 Å². The fraction of sp³-hybridized carbons (Fsp3) is 0.216. The molecule has 1 atom stereocenters. The van der Waals surface area contributed by atoms with E-state index in [0.29, 0.717) is 30.5 Å². The molecule has 1 N–H and O–H groups in total. The Bertz CT molecular complexity index is 2370. The maximum absolute atomic E-state index is 13.6. The van der Waals surface area contributed by atoms with Crippen molar-refractivity contribution in [3.63, 3.8) is 0 Å². The smallest absolute Gasteiger partial charge is 0.416 e. The lowest BCUT2D eigenvalue weighted by Crippen LogP contribution is -2.38. The SMILES string of the molecule is COC(=O)C1=C(C)N(c2cccc(C(F)(F)F)c2)c2n[nH]c(=O)n2[C@@H]1c1ccc(C#N)cc1CCC[n+]1ccccc1.Cc1ccc(S(=O)(=O)[O-])cc1. The predicted molar refractivity (Wildman–Crippen MR) is 185 cm³/mol. The number of carbonyl (C=O) groups excluding carboxylic acids is 1. The molecule has 0 bridgehead atoms. The van der Waals surface area contributed by atoms with E-state index in [4.69, 9.17) is 4.74 Å². The summed E-state index contributed by atoms with van der Waals surface area (Å²) in [5.41, 5.74) is 1.42. The molecule has 12 nitrogen and oxygen atoms in total. The van der Waals surface area contributed by atoms with Gasteiger partial charge in [0.15, 0.2) is 12.4 Å². The third-order valence-corrected chi connectivity index (χ3v) is 9.35. The summed E-state index contributed by atoms with van der Waals surface area (Å²) in [5, 5.41) is 16.1. The Morgan fingerprint density at radius 1 is 1.04 bits per heavy atom. The van der Waals surface area contributed by atoms with E-state index >= 15 is 0 Å². The van der Waals surface area contributed by atoms with Crippen molar-refractivity contribution in [2.45, 2.75) is 50.3 Å². The van der Waals surface area contributed by atoms with E-state index in [1.54, 1.807) is 37.3 Å². The first kappa shape index (κ1) is 38.2. The lowest BCUT2D eigenvalue weighted by molar-refractivity contribution is -0.697. The number of aryl methyl sites for hydroxylation is 3. The van der Waals surface area contributed by atoms with E-state index in [0.717, 1.165) is 23.3 Å². The Hall–Kier alpha value is -6.05. The molecule has 5 aromatic rings. The molecule has 1 aliphatic rings. The fourth-order valence-electron chi connectivity index (χ4n) is 5.98. The minimum absolute atomic E-state index is 0.00429. The number of halogens is 3. The Balaban J connectivity index is 0.000000422. The number of methoxy groups -OCH3 is 1. The van der Waals surface area contributed by atoms with Gasteiger partial charge in [-0.25, -0.2) is 32.2 Å². The maximum Gasteiger partial charge on any atom is 0.416 e. The summed E-state index contributed by atoms with van der Waals surface area (Å²) in [7, 11) is -3.08. The molecular formula is C37H33F3N6O6S. The Morgan fingerprint density at radius 3 is 2.36 bits per heavy atom. The van der Waals surface area contributed by atoms with E-state index in [2.05, 4.69) is 16.3 Å². The lowest BCUT2D eigenvalue weighted by atomic mass is 9.88. The van der Waals surface area contributed by atoms with E-state index in [9.17, 15) is 41.0 Å². The van der Waals surface area contributed by atoms with E-state index in [-0.39, 0.29) is 27.8 Å². The highest BCUT2D eigenvalue weighted by atomic mass is 32.2. The fourth-order valence-corrected chi connectivity index (χ4v) is 6.45. The number of allylic oxidation sites excluding steroid dienone is 1. The Morgan fingerprint density at radius 2 is 1.74 bits per heavy atom. The normalized spacial score (nSPS) is 14.2. The number of esters is 1. The number of carbonyl (C=O) groups is 1. The number of H-pyrrole nitrogens is 1. The molecule has 0 radical (unpaired) electrons. The van der Waals surface area contributed by atoms with Crippen molar-refractivity contribution >= 4 is 27.7 Å². The number of anilines is 2. The number of nitriles is 1. The number of aromatic amines is 1. The zero-order valence-electron chi connectivity index (χ0n) is 28.7. The van der Waals surface area contributed by atoms with Gasteiger partial charge in [0.25, 0.3) is 0 Å². The molecule has 0 saturated heterocycles. The molecular weight excluding hydrogens is 714 g/mol. The third-order valence-electron chi connectivity index (χ3n) is 8.50. The second-order valence-electron chi connectivity index (χ2n) is 12.0. The van der Waals surface area contributed by atoms with Gasteiger partial charge in [0, 0.05) is 29.9 Å². The zero-order valence-corrected chi connectivity index (χ0v) is 29.5. The van der Waals surface area contributed by atoms with Crippen LogP contribution < -0.4 is 15.2 Å². The topological polar surface area (TPSA) is 165 Å². The van der Waals surface area contributed by atoms with Crippen LogP contribution in [0.4, 0.5) is 24.8 Å². The second kappa shape index (κ2) is 15.7. The van der Waals surface area contributed by atoms with Crippen LogP contribution in [0.5, 0.6) is 0 Å². The first-order valence-corrected chi connectivity index (χ1v) is 17.5. The largest absolute Gasteiger partial charge is 0.744 e. The van der Waals surface area contributed by atoms with Crippen molar-refractivity contribution in [2.24, 2.45) is 0 Å². The average Bonchev–Trinajstić information content (AvgIpc) is 3.51. The van der Waals surface area contributed by atoms with Crippen LogP contribution in [-0.4, -0.2) is 40.8 Å². The molecule has 0 saturated carbocycles. The molecule has 3 heterocycles. The zero-order chi connectivity index (χ0) is 38.5. The number of benzene rings is 3. The third kappa shape index (κ3) is 8.54. The van der Waals surface area contributed by atoms with Gasteiger partial charge in [0.2, 0.25) is 5.95 Å². The summed E-state index contributed by atoms with van der Waals surface area (Å²) in [6, 6.07) is 22.2. The number of hydrogen-bond acceptors (Lipinski definition) is 9.